The number of hydrogen-bond acceptors (Lipinski definition) is 3. The topological polar surface area (TPSA) is 68.3 Å². The van der Waals surface area contributed by atoms with Crippen LogP contribution in [0.15, 0.2) is 22.8 Å². The van der Waals surface area contributed by atoms with E-state index in [0.29, 0.717) is 30.3 Å². The van der Waals surface area contributed by atoms with Crippen molar-refractivity contribution in [1.82, 2.24) is 5.32 Å². The summed E-state index contributed by atoms with van der Waals surface area (Å²) < 4.78 is 5.67. The predicted molar refractivity (Wildman–Crippen MR) is 99.4 cm³/mol. The van der Waals surface area contributed by atoms with Gasteiger partial charge in [-0.1, -0.05) is 6.42 Å². The number of nitrogens with one attached hydrogen (secondary N) is 1. The quantitative estimate of drug-likeness (QED) is 0.897. The first kappa shape index (κ1) is 16.6. The predicted octanol–water partition coefficient (Wildman–Crippen LogP) is 3.61. The van der Waals surface area contributed by atoms with Crippen LogP contribution in [-0.2, 0) is 11.2 Å². The van der Waals surface area contributed by atoms with Crippen molar-refractivity contribution >= 4 is 16.9 Å². The third kappa shape index (κ3) is 3.20. The van der Waals surface area contributed by atoms with Crippen molar-refractivity contribution in [3.05, 3.63) is 35.1 Å². The third-order valence-electron chi connectivity index (χ3n) is 6.33. The summed E-state index contributed by atoms with van der Waals surface area (Å²) in [6, 6.07) is 4.81. The average molecular weight is 340 g/mol. The number of fused-ring (bicyclic) bond motifs is 3. The first-order valence-corrected chi connectivity index (χ1v) is 9.53. The minimum absolute atomic E-state index is 0.110. The van der Waals surface area contributed by atoms with Crippen molar-refractivity contribution in [2.75, 3.05) is 0 Å². The van der Waals surface area contributed by atoms with Gasteiger partial charge in [-0.05, 0) is 74.6 Å². The molecule has 3 N–H and O–H groups in total. The number of hydrogen-bond donors (Lipinski definition) is 2. The van der Waals surface area contributed by atoms with E-state index in [1.165, 1.54) is 30.4 Å². The van der Waals surface area contributed by atoms with Gasteiger partial charge in [0.05, 0.1) is 12.7 Å². The SMILES string of the molecule is Cc1cc2occ(CC(=O)NC3C4CCCC3CC(N)C4)c2cc1C. The molecule has 1 amide bonds. The summed E-state index contributed by atoms with van der Waals surface area (Å²) in [5.74, 6) is 1.22. The Morgan fingerprint density at radius 1 is 1.20 bits per heavy atom. The highest BCUT2D eigenvalue weighted by Crippen LogP contribution is 2.39. The Morgan fingerprint density at radius 2 is 1.88 bits per heavy atom. The second-order valence-corrected chi connectivity index (χ2v) is 8.15. The minimum Gasteiger partial charge on any atom is -0.464 e. The van der Waals surface area contributed by atoms with Crippen molar-refractivity contribution < 1.29 is 9.21 Å². The normalized spacial score (nSPS) is 28.9. The summed E-state index contributed by atoms with van der Waals surface area (Å²) in [7, 11) is 0. The van der Waals surface area contributed by atoms with Crippen LogP contribution < -0.4 is 11.1 Å². The first-order valence-electron chi connectivity index (χ1n) is 9.53. The molecule has 2 aliphatic rings. The van der Waals surface area contributed by atoms with E-state index < -0.39 is 0 Å². The zero-order chi connectivity index (χ0) is 17.6. The fourth-order valence-corrected chi connectivity index (χ4v) is 4.91. The summed E-state index contributed by atoms with van der Waals surface area (Å²) in [6.45, 7) is 4.17. The van der Waals surface area contributed by atoms with Crippen molar-refractivity contribution in [3.63, 3.8) is 0 Å². The van der Waals surface area contributed by atoms with E-state index in [1.54, 1.807) is 6.26 Å². The van der Waals surface area contributed by atoms with E-state index in [0.717, 1.165) is 29.4 Å². The number of aryl methyl sites for hydroxylation is 2. The van der Waals surface area contributed by atoms with E-state index in [2.05, 4.69) is 31.3 Å². The maximum absolute atomic E-state index is 12.7. The zero-order valence-electron chi connectivity index (χ0n) is 15.2. The van der Waals surface area contributed by atoms with Crippen molar-refractivity contribution in [2.45, 2.75) is 64.5 Å². The molecular formula is C21H28N2O2. The Bertz CT molecular complexity index is 781. The molecule has 2 aliphatic carbocycles. The Hall–Kier alpha value is -1.81. The molecule has 2 saturated carbocycles. The summed E-state index contributed by atoms with van der Waals surface area (Å²) >= 11 is 0. The van der Waals surface area contributed by atoms with Crippen LogP contribution >= 0.6 is 0 Å². The van der Waals surface area contributed by atoms with E-state index in [-0.39, 0.29) is 5.91 Å². The van der Waals surface area contributed by atoms with Gasteiger partial charge in [0.1, 0.15) is 5.58 Å². The summed E-state index contributed by atoms with van der Waals surface area (Å²) in [5.41, 5.74) is 10.5. The average Bonchev–Trinajstić information content (AvgIpc) is 2.91. The highest BCUT2D eigenvalue weighted by molar-refractivity contribution is 5.88. The Morgan fingerprint density at radius 3 is 2.60 bits per heavy atom. The van der Waals surface area contributed by atoms with Gasteiger partial charge in [0.2, 0.25) is 5.91 Å². The van der Waals surface area contributed by atoms with Gasteiger partial charge < -0.3 is 15.5 Å². The first-order chi connectivity index (χ1) is 12.0. The van der Waals surface area contributed by atoms with Gasteiger partial charge in [0.25, 0.3) is 0 Å². The fourth-order valence-electron chi connectivity index (χ4n) is 4.91. The van der Waals surface area contributed by atoms with Crippen LogP contribution in [-0.4, -0.2) is 18.0 Å². The maximum atomic E-state index is 12.7. The van der Waals surface area contributed by atoms with Crippen LogP contribution in [0.3, 0.4) is 0 Å². The van der Waals surface area contributed by atoms with Crippen molar-refractivity contribution in [2.24, 2.45) is 17.6 Å². The molecule has 1 heterocycles. The van der Waals surface area contributed by atoms with Gasteiger partial charge >= 0.3 is 0 Å². The van der Waals surface area contributed by atoms with Crippen LogP contribution in [0.5, 0.6) is 0 Å². The smallest absolute Gasteiger partial charge is 0.224 e. The molecular weight excluding hydrogens is 312 g/mol. The van der Waals surface area contributed by atoms with E-state index in [4.69, 9.17) is 10.2 Å². The molecule has 2 atom stereocenters. The van der Waals surface area contributed by atoms with Gasteiger partial charge in [-0.15, -0.1) is 0 Å². The molecule has 2 unspecified atom stereocenters. The number of furan rings is 1. The van der Waals surface area contributed by atoms with Crippen LogP contribution in [0.4, 0.5) is 0 Å². The lowest BCUT2D eigenvalue weighted by atomic mass is 9.67. The monoisotopic (exact) mass is 340 g/mol. The summed E-state index contributed by atoms with van der Waals surface area (Å²) in [6.07, 6.45) is 7.89. The molecule has 4 rings (SSSR count). The molecule has 2 bridgehead atoms. The van der Waals surface area contributed by atoms with Gasteiger partial charge in [0.15, 0.2) is 0 Å². The van der Waals surface area contributed by atoms with Gasteiger partial charge in [0, 0.05) is 23.0 Å². The largest absolute Gasteiger partial charge is 0.464 e. The lowest BCUT2D eigenvalue weighted by Gasteiger charge is -2.45. The lowest BCUT2D eigenvalue weighted by Crippen LogP contribution is -2.54. The Labute approximate surface area is 149 Å². The highest BCUT2D eigenvalue weighted by atomic mass is 16.3. The van der Waals surface area contributed by atoms with Crippen molar-refractivity contribution in [3.8, 4) is 0 Å². The van der Waals surface area contributed by atoms with Crippen LogP contribution in [0.1, 0.15) is 48.8 Å². The molecule has 1 aromatic heterocycles. The lowest BCUT2D eigenvalue weighted by molar-refractivity contribution is -0.122. The highest BCUT2D eigenvalue weighted by Gasteiger charge is 2.39. The van der Waals surface area contributed by atoms with Crippen LogP contribution in [0, 0.1) is 25.7 Å². The van der Waals surface area contributed by atoms with E-state index >= 15 is 0 Å². The number of carbonyl (C=O) groups is 1. The Kier molecular flexibility index (Phi) is 4.32. The molecule has 4 nitrogen and oxygen atoms in total. The number of benzene rings is 1. The van der Waals surface area contributed by atoms with E-state index in [9.17, 15) is 4.79 Å². The van der Waals surface area contributed by atoms with Gasteiger partial charge in [-0.2, -0.15) is 0 Å². The third-order valence-corrected chi connectivity index (χ3v) is 6.33. The molecule has 25 heavy (non-hydrogen) atoms. The van der Waals surface area contributed by atoms with Crippen LogP contribution in [0.25, 0.3) is 11.0 Å². The number of amides is 1. The molecule has 0 aliphatic heterocycles. The second kappa shape index (κ2) is 6.49. The zero-order valence-corrected chi connectivity index (χ0v) is 15.2. The number of rotatable bonds is 3. The molecule has 2 fully saturated rings. The molecule has 134 valence electrons. The molecule has 1 aromatic carbocycles. The molecule has 4 heteroatoms. The van der Waals surface area contributed by atoms with E-state index in [1.807, 2.05) is 0 Å². The Balaban J connectivity index is 1.48. The standard InChI is InChI=1S/C21H28N2O2/c1-12-6-18-16(11-25-19(18)7-13(12)2)10-20(24)23-21-14-4-3-5-15(21)9-17(22)8-14/h6-7,11,14-15,17,21H,3-5,8-10,22H2,1-2H3,(H,23,24). The number of nitrogens with two attached hydrogens (primary N) is 1. The maximum Gasteiger partial charge on any atom is 0.224 e. The minimum atomic E-state index is 0.110. The molecule has 0 spiro atoms. The number of carbonyl (C=O) groups excluding carboxylic acids is 1. The molecule has 2 aromatic rings. The van der Waals surface area contributed by atoms with Crippen LogP contribution in [0.2, 0.25) is 0 Å². The molecule has 0 saturated heterocycles. The second-order valence-electron chi connectivity index (χ2n) is 8.15. The van der Waals surface area contributed by atoms with Crippen molar-refractivity contribution in [1.29, 1.82) is 0 Å². The summed E-state index contributed by atoms with van der Waals surface area (Å²) in [4.78, 5) is 12.7. The van der Waals surface area contributed by atoms with Gasteiger partial charge in [-0.25, -0.2) is 0 Å². The molecule has 0 radical (unpaired) electrons. The fraction of sp³-hybridized carbons (Fsp3) is 0.571. The summed E-state index contributed by atoms with van der Waals surface area (Å²) in [5, 5.41) is 4.39. The van der Waals surface area contributed by atoms with Gasteiger partial charge in [-0.3, -0.25) is 4.79 Å².